The van der Waals surface area contributed by atoms with Gasteiger partial charge in [-0.3, -0.25) is 9.47 Å². The molecule has 0 aliphatic carbocycles. The molecule has 1 aromatic heterocycles. The number of hydrogen-bond donors (Lipinski definition) is 0. The fraction of sp³-hybridized carbons (Fsp3) is 0.400. The van der Waals surface area contributed by atoms with Crippen LogP contribution in [0.5, 0.6) is 0 Å². The van der Waals surface area contributed by atoms with E-state index in [0.717, 1.165) is 4.57 Å². The molecule has 3 nitrogen and oxygen atoms in total. The van der Waals surface area contributed by atoms with Gasteiger partial charge in [-0.15, -0.1) is 0 Å². The zero-order valence-electron chi connectivity index (χ0n) is 12.0. The van der Waals surface area contributed by atoms with Crippen LogP contribution in [-0.2, 0) is 13.1 Å². The first kappa shape index (κ1) is 14.7. The summed E-state index contributed by atoms with van der Waals surface area (Å²) in [6.07, 6.45) is 2.72. The predicted octanol–water partition coefficient (Wildman–Crippen LogP) is 3.53. The average Bonchev–Trinajstić information content (AvgIpc) is 2.75. The quantitative estimate of drug-likeness (QED) is 0.835. The number of aromatic nitrogens is 2. The Bertz CT molecular complexity index is 558. The Morgan fingerprint density at radius 2 is 1.80 bits per heavy atom. The van der Waals surface area contributed by atoms with Crippen molar-refractivity contribution in [3.8, 4) is 0 Å². The van der Waals surface area contributed by atoms with Gasteiger partial charge in [-0.25, -0.2) is 4.98 Å². The molecule has 1 aromatic carbocycles. The molecule has 0 spiro atoms. The molecule has 0 saturated heterocycles. The molecule has 0 N–H and O–H groups in total. The summed E-state index contributed by atoms with van der Waals surface area (Å²) < 4.78 is 26.4. The highest BCUT2D eigenvalue weighted by atomic mass is 19.3. The van der Waals surface area contributed by atoms with Crippen LogP contribution in [0.3, 0.4) is 0 Å². The van der Waals surface area contributed by atoms with Gasteiger partial charge in [0.15, 0.2) is 0 Å². The first-order valence-electron chi connectivity index (χ1n) is 6.51. The number of halogens is 2. The zero-order chi connectivity index (χ0) is 14.7. The lowest BCUT2D eigenvalue weighted by Gasteiger charge is -2.18. The molecule has 0 atom stereocenters. The first-order chi connectivity index (χ1) is 9.45. The van der Waals surface area contributed by atoms with Gasteiger partial charge >= 0.3 is 6.55 Å². The van der Waals surface area contributed by atoms with Crippen molar-refractivity contribution in [1.29, 1.82) is 0 Å². The fourth-order valence-corrected chi connectivity index (χ4v) is 2.41. The molecule has 2 aromatic rings. The van der Waals surface area contributed by atoms with Crippen molar-refractivity contribution in [3.05, 3.63) is 53.1 Å². The molecule has 0 saturated carbocycles. The maximum Gasteiger partial charge on any atom is 0.319 e. The minimum absolute atomic E-state index is 0.381. The lowest BCUT2D eigenvalue weighted by atomic mass is 10.1. The molecule has 0 radical (unpaired) electrons. The van der Waals surface area contributed by atoms with E-state index in [4.69, 9.17) is 0 Å². The Kier molecular flexibility index (Phi) is 4.49. The predicted molar refractivity (Wildman–Crippen MR) is 74.6 cm³/mol. The minimum Gasteiger partial charge on any atom is -0.295 e. The van der Waals surface area contributed by atoms with Crippen LogP contribution in [-0.4, -0.2) is 21.5 Å². The maximum absolute atomic E-state index is 12.7. The number of alkyl halides is 2. The summed E-state index contributed by atoms with van der Waals surface area (Å²) in [5, 5.41) is 0. The summed E-state index contributed by atoms with van der Waals surface area (Å²) >= 11 is 0. The van der Waals surface area contributed by atoms with E-state index in [1.54, 1.807) is 0 Å². The summed E-state index contributed by atoms with van der Waals surface area (Å²) in [5.41, 5.74) is 3.60. The monoisotopic (exact) mass is 279 g/mol. The number of rotatable bonds is 5. The largest absolute Gasteiger partial charge is 0.319 e. The summed E-state index contributed by atoms with van der Waals surface area (Å²) in [7, 11) is 1.90. The summed E-state index contributed by atoms with van der Waals surface area (Å²) in [6, 6.07) is 6.35. The Morgan fingerprint density at radius 1 is 1.15 bits per heavy atom. The van der Waals surface area contributed by atoms with Crippen molar-refractivity contribution in [1.82, 2.24) is 14.5 Å². The van der Waals surface area contributed by atoms with Gasteiger partial charge in [-0.2, -0.15) is 8.78 Å². The number of imidazole rings is 1. The SMILES string of the molecule is Cc1cc(C)cc(CN(C)Cc2nccn2C(F)F)c1. The first-order valence-corrected chi connectivity index (χ1v) is 6.51. The van der Waals surface area contributed by atoms with Crippen LogP contribution in [0, 0.1) is 13.8 Å². The molecule has 5 heteroatoms. The van der Waals surface area contributed by atoms with Gasteiger partial charge in [0.1, 0.15) is 5.82 Å². The van der Waals surface area contributed by atoms with Gasteiger partial charge in [0.25, 0.3) is 0 Å². The normalized spacial score (nSPS) is 11.6. The standard InChI is InChI=1S/C15H19F2N3/c1-11-6-12(2)8-13(7-11)9-19(3)10-14-18-4-5-20(14)15(16)17/h4-8,15H,9-10H2,1-3H3. The second kappa shape index (κ2) is 6.13. The van der Waals surface area contributed by atoms with E-state index in [-0.39, 0.29) is 0 Å². The summed E-state index contributed by atoms with van der Waals surface area (Å²) in [5.74, 6) is 0.381. The Hall–Kier alpha value is -1.75. The van der Waals surface area contributed by atoms with Gasteiger partial charge < -0.3 is 0 Å². The average molecular weight is 279 g/mol. The molecular weight excluding hydrogens is 260 g/mol. The van der Waals surface area contributed by atoms with Crippen molar-refractivity contribution in [3.63, 3.8) is 0 Å². The van der Waals surface area contributed by atoms with Crippen molar-refractivity contribution in [2.45, 2.75) is 33.5 Å². The number of hydrogen-bond acceptors (Lipinski definition) is 2. The summed E-state index contributed by atoms with van der Waals surface area (Å²) in [4.78, 5) is 5.98. The molecule has 0 aliphatic heterocycles. The molecular formula is C15H19F2N3. The smallest absolute Gasteiger partial charge is 0.295 e. The van der Waals surface area contributed by atoms with E-state index in [9.17, 15) is 8.78 Å². The molecule has 0 bridgehead atoms. The lowest BCUT2D eigenvalue weighted by molar-refractivity contribution is 0.0644. The molecule has 0 amide bonds. The van der Waals surface area contributed by atoms with Crippen LogP contribution in [0.4, 0.5) is 8.78 Å². The van der Waals surface area contributed by atoms with Crippen LogP contribution < -0.4 is 0 Å². The van der Waals surface area contributed by atoms with E-state index < -0.39 is 6.55 Å². The zero-order valence-corrected chi connectivity index (χ0v) is 12.0. The van der Waals surface area contributed by atoms with Crippen molar-refractivity contribution >= 4 is 0 Å². The fourth-order valence-electron chi connectivity index (χ4n) is 2.41. The van der Waals surface area contributed by atoms with Crippen molar-refractivity contribution < 1.29 is 8.78 Å². The van der Waals surface area contributed by atoms with Crippen molar-refractivity contribution in [2.24, 2.45) is 0 Å². The highest BCUT2D eigenvalue weighted by molar-refractivity contribution is 5.28. The highest BCUT2D eigenvalue weighted by Crippen LogP contribution is 2.15. The van der Waals surface area contributed by atoms with Crippen LogP contribution in [0.2, 0.25) is 0 Å². The molecule has 0 unspecified atom stereocenters. The van der Waals surface area contributed by atoms with Gasteiger partial charge in [-0.05, 0) is 26.5 Å². The van der Waals surface area contributed by atoms with Crippen molar-refractivity contribution in [2.75, 3.05) is 7.05 Å². The molecule has 108 valence electrons. The van der Waals surface area contributed by atoms with E-state index >= 15 is 0 Å². The minimum atomic E-state index is -2.54. The van der Waals surface area contributed by atoms with Crippen LogP contribution >= 0.6 is 0 Å². The molecule has 2 rings (SSSR count). The maximum atomic E-state index is 12.7. The molecule has 20 heavy (non-hydrogen) atoms. The van der Waals surface area contributed by atoms with E-state index in [0.29, 0.717) is 18.9 Å². The number of benzene rings is 1. The van der Waals surface area contributed by atoms with Gasteiger partial charge in [0.05, 0.1) is 6.54 Å². The van der Waals surface area contributed by atoms with E-state index in [1.165, 1.54) is 29.1 Å². The second-order valence-electron chi connectivity index (χ2n) is 5.20. The van der Waals surface area contributed by atoms with Crippen LogP contribution in [0.25, 0.3) is 0 Å². The topological polar surface area (TPSA) is 21.1 Å². The molecule has 1 heterocycles. The molecule has 0 fully saturated rings. The Balaban J connectivity index is 2.05. The molecule has 0 aliphatic rings. The van der Waals surface area contributed by atoms with Gasteiger partial charge in [0.2, 0.25) is 0 Å². The van der Waals surface area contributed by atoms with E-state index in [2.05, 4.69) is 37.0 Å². The van der Waals surface area contributed by atoms with Crippen LogP contribution in [0.15, 0.2) is 30.6 Å². The van der Waals surface area contributed by atoms with Gasteiger partial charge in [-0.1, -0.05) is 29.3 Å². The second-order valence-corrected chi connectivity index (χ2v) is 5.20. The third-order valence-corrected chi connectivity index (χ3v) is 3.10. The van der Waals surface area contributed by atoms with Gasteiger partial charge in [0, 0.05) is 18.9 Å². The lowest BCUT2D eigenvalue weighted by Crippen LogP contribution is -2.20. The Labute approximate surface area is 117 Å². The van der Waals surface area contributed by atoms with E-state index in [1.807, 2.05) is 11.9 Å². The third kappa shape index (κ3) is 3.63. The Morgan fingerprint density at radius 3 is 2.40 bits per heavy atom. The van der Waals surface area contributed by atoms with Crippen LogP contribution in [0.1, 0.15) is 29.1 Å². The number of aryl methyl sites for hydroxylation is 2. The summed E-state index contributed by atoms with van der Waals surface area (Å²) in [6.45, 7) is 2.67. The highest BCUT2D eigenvalue weighted by Gasteiger charge is 2.13. The third-order valence-electron chi connectivity index (χ3n) is 3.10. The number of nitrogens with zero attached hydrogens (tertiary/aromatic N) is 3.